The molecular weight excluding hydrogens is 442 g/mol. The van der Waals surface area contributed by atoms with E-state index in [1.165, 1.54) is 5.56 Å². The molecule has 0 aliphatic carbocycles. The molecule has 2 aromatic heterocycles. The van der Waals surface area contributed by atoms with E-state index in [0.29, 0.717) is 50.5 Å². The number of piperazine rings is 1. The molecule has 8 heteroatoms. The van der Waals surface area contributed by atoms with Crippen LogP contribution in [-0.4, -0.2) is 58.9 Å². The highest BCUT2D eigenvalue weighted by molar-refractivity contribution is 5.93. The molecule has 0 atom stereocenters. The summed E-state index contributed by atoms with van der Waals surface area (Å²) >= 11 is 0. The number of rotatable bonds is 7. The second-order valence-corrected chi connectivity index (χ2v) is 9.08. The van der Waals surface area contributed by atoms with E-state index in [-0.39, 0.29) is 18.4 Å². The lowest BCUT2D eigenvalue weighted by Crippen LogP contribution is -2.50. The molecule has 0 bridgehead atoms. The van der Waals surface area contributed by atoms with Gasteiger partial charge in [-0.25, -0.2) is 0 Å². The topological polar surface area (TPSA) is 94.5 Å². The largest absolute Gasteiger partial charge is 0.467 e. The Hall–Kier alpha value is -3.83. The molecule has 2 amide bonds. The minimum atomic E-state index is -0.181. The molecule has 1 aromatic carbocycles. The monoisotopic (exact) mass is 473 g/mol. The number of aromatic nitrogens is 1. The molecule has 8 nitrogen and oxygen atoms in total. The average molecular weight is 474 g/mol. The van der Waals surface area contributed by atoms with Gasteiger partial charge in [-0.3, -0.25) is 14.5 Å². The maximum Gasteiger partial charge on any atom is 0.239 e. The Bertz CT molecular complexity index is 1230. The van der Waals surface area contributed by atoms with Gasteiger partial charge in [-0.1, -0.05) is 29.8 Å². The van der Waals surface area contributed by atoms with Crippen LogP contribution in [0.2, 0.25) is 0 Å². The number of hydrogen-bond acceptors (Lipinski definition) is 5. The highest BCUT2D eigenvalue weighted by Crippen LogP contribution is 2.27. The maximum atomic E-state index is 12.9. The van der Waals surface area contributed by atoms with Crippen LogP contribution in [0, 0.1) is 32.1 Å². The Morgan fingerprint density at radius 1 is 1.06 bits per heavy atom. The summed E-state index contributed by atoms with van der Waals surface area (Å²) in [6, 6.07) is 13.9. The van der Waals surface area contributed by atoms with Crippen LogP contribution in [0.4, 0.5) is 5.82 Å². The van der Waals surface area contributed by atoms with Crippen molar-refractivity contribution in [3.63, 3.8) is 0 Å². The van der Waals surface area contributed by atoms with Crippen LogP contribution >= 0.6 is 0 Å². The van der Waals surface area contributed by atoms with Crippen molar-refractivity contribution in [1.82, 2.24) is 14.4 Å². The molecule has 182 valence electrons. The van der Waals surface area contributed by atoms with Crippen LogP contribution in [0.3, 0.4) is 0 Å². The summed E-state index contributed by atoms with van der Waals surface area (Å²) in [6.07, 6.45) is 2.00. The fraction of sp³-hybridized carbons (Fsp3) is 0.370. The van der Waals surface area contributed by atoms with Crippen molar-refractivity contribution in [2.24, 2.45) is 0 Å². The summed E-state index contributed by atoms with van der Waals surface area (Å²) in [5, 5.41) is 12.7. The number of nitrogens with zero attached hydrogens (tertiary/aromatic N) is 4. The molecule has 0 unspecified atom stereocenters. The number of nitriles is 1. The molecule has 35 heavy (non-hydrogen) atoms. The molecule has 1 saturated heterocycles. The van der Waals surface area contributed by atoms with E-state index >= 15 is 0 Å². The fourth-order valence-corrected chi connectivity index (χ4v) is 4.41. The third kappa shape index (κ3) is 5.64. The van der Waals surface area contributed by atoms with Gasteiger partial charge in [-0.15, -0.1) is 0 Å². The molecule has 4 rings (SSSR count). The summed E-state index contributed by atoms with van der Waals surface area (Å²) in [6.45, 7) is 8.92. The van der Waals surface area contributed by atoms with Crippen LogP contribution < -0.4 is 5.32 Å². The standard InChI is InChI=1S/C27H31N5O3/c1-19-6-8-22(9-7-19)15-26(34)31-12-10-30(11-13-31)18-25(33)29-27-24(16-28)20(2)21(3)32(27)17-23-5-4-14-35-23/h4-9,14H,10-13,15,17-18H2,1-3H3,(H,29,33). The number of amides is 2. The average Bonchev–Trinajstić information content (AvgIpc) is 3.44. The van der Waals surface area contributed by atoms with E-state index in [4.69, 9.17) is 4.42 Å². The highest BCUT2D eigenvalue weighted by Gasteiger charge is 2.24. The maximum absolute atomic E-state index is 12.9. The van der Waals surface area contributed by atoms with Gasteiger partial charge in [0.25, 0.3) is 0 Å². The number of anilines is 1. The van der Waals surface area contributed by atoms with Gasteiger partial charge in [0.2, 0.25) is 11.8 Å². The van der Waals surface area contributed by atoms with Gasteiger partial charge >= 0.3 is 0 Å². The van der Waals surface area contributed by atoms with Crippen molar-refractivity contribution in [2.75, 3.05) is 38.0 Å². The Morgan fingerprint density at radius 2 is 1.77 bits per heavy atom. The van der Waals surface area contributed by atoms with Crippen LogP contribution in [0.5, 0.6) is 0 Å². The number of nitrogens with one attached hydrogen (secondary N) is 1. The first kappa shape index (κ1) is 24.3. The second-order valence-electron chi connectivity index (χ2n) is 9.08. The molecule has 3 heterocycles. The van der Waals surface area contributed by atoms with Crippen LogP contribution in [0.15, 0.2) is 47.1 Å². The van der Waals surface area contributed by atoms with Gasteiger partial charge < -0.3 is 19.2 Å². The van der Waals surface area contributed by atoms with Crippen molar-refractivity contribution >= 4 is 17.6 Å². The molecule has 0 saturated carbocycles. The van der Waals surface area contributed by atoms with Gasteiger partial charge in [0.15, 0.2) is 0 Å². The molecule has 1 N–H and O–H groups in total. The number of furan rings is 1. The number of hydrogen-bond donors (Lipinski definition) is 1. The Balaban J connectivity index is 1.34. The second kappa shape index (κ2) is 10.6. The summed E-state index contributed by atoms with van der Waals surface area (Å²) in [5.74, 6) is 1.17. The molecule has 1 fully saturated rings. The summed E-state index contributed by atoms with van der Waals surface area (Å²) in [4.78, 5) is 29.5. The summed E-state index contributed by atoms with van der Waals surface area (Å²) in [7, 11) is 0. The molecule has 1 aliphatic rings. The molecule has 0 radical (unpaired) electrons. The van der Waals surface area contributed by atoms with E-state index in [1.807, 2.05) is 71.5 Å². The summed E-state index contributed by atoms with van der Waals surface area (Å²) in [5.41, 5.74) is 4.41. The number of aryl methyl sites for hydroxylation is 1. The Labute approximate surface area is 205 Å². The van der Waals surface area contributed by atoms with Crippen molar-refractivity contribution < 1.29 is 14.0 Å². The van der Waals surface area contributed by atoms with Crippen LogP contribution in [0.25, 0.3) is 0 Å². The van der Waals surface area contributed by atoms with Crippen LogP contribution in [-0.2, 0) is 22.6 Å². The van der Waals surface area contributed by atoms with Crippen LogP contribution in [0.1, 0.15) is 33.7 Å². The van der Waals surface area contributed by atoms with Crippen molar-refractivity contribution in [3.8, 4) is 6.07 Å². The lowest BCUT2D eigenvalue weighted by atomic mass is 10.1. The van der Waals surface area contributed by atoms with E-state index in [0.717, 1.165) is 22.6 Å². The molecule has 3 aromatic rings. The van der Waals surface area contributed by atoms with Gasteiger partial charge in [-0.05, 0) is 44.0 Å². The third-order valence-electron chi connectivity index (χ3n) is 6.66. The lowest BCUT2D eigenvalue weighted by Gasteiger charge is -2.34. The third-order valence-corrected chi connectivity index (χ3v) is 6.66. The first-order valence-corrected chi connectivity index (χ1v) is 11.8. The Morgan fingerprint density at radius 3 is 2.40 bits per heavy atom. The lowest BCUT2D eigenvalue weighted by molar-refractivity contribution is -0.132. The zero-order valence-corrected chi connectivity index (χ0v) is 20.5. The zero-order valence-electron chi connectivity index (χ0n) is 20.5. The van der Waals surface area contributed by atoms with Gasteiger partial charge in [0, 0.05) is 31.9 Å². The van der Waals surface area contributed by atoms with Crippen molar-refractivity contribution in [2.45, 2.75) is 33.7 Å². The van der Waals surface area contributed by atoms with E-state index in [9.17, 15) is 14.9 Å². The zero-order chi connectivity index (χ0) is 24.9. The van der Waals surface area contributed by atoms with E-state index in [2.05, 4.69) is 11.4 Å². The number of carbonyl (C=O) groups excluding carboxylic acids is 2. The highest BCUT2D eigenvalue weighted by atomic mass is 16.3. The van der Waals surface area contributed by atoms with Gasteiger partial charge in [-0.2, -0.15) is 5.26 Å². The first-order valence-electron chi connectivity index (χ1n) is 11.8. The molecule has 0 spiro atoms. The van der Waals surface area contributed by atoms with Crippen molar-refractivity contribution in [3.05, 3.63) is 76.4 Å². The minimum Gasteiger partial charge on any atom is -0.467 e. The SMILES string of the molecule is Cc1ccc(CC(=O)N2CCN(CC(=O)Nc3c(C#N)c(C)c(C)n3Cc3ccco3)CC2)cc1. The minimum absolute atomic E-state index is 0.110. The normalized spacial score (nSPS) is 14.1. The van der Waals surface area contributed by atoms with Crippen molar-refractivity contribution in [1.29, 1.82) is 5.26 Å². The predicted molar refractivity (Wildman–Crippen MR) is 133 cm³/mol. The van der Waals surface area contributed by atoms with E-state index in [1.54, 1.807) is 6.26 Å². The number of carbonyl (C=O) groups is 2. The number of benzene rings is 1. The predicted octanol–water partition coefficient (Wildman–Crippen LogP) is 3.25. The molecule has 1 aliphatic heterocycles. The quantitative estimate of drug-likeness (QED) is 0.569. The summed E-state index contributed by atoms with van der Waals surface area (Å²) < 4.78 is 7.38. The molecular formula is C27H31N5O3. The fourth-order valence-electron chi connectivity index (χ4n) is 4.41. The smallest absolute Gasteiger partial charge is 0.239 e. The van der Waals surface area contributed by atoms with E-state index < -0.39 is 0 Å². The first-order chi connectivity index (χ1) is 16.9. The van der Waals surface area contributed by atoms with Gasteiger partial charge in [0.05, 0.1) is 31.3 Å². The van der Waals surface area contributed by atoms with Gasteiger partial charge in [0.1, 0.15) is 17.6 Å². The Kier molecular flexibility index (Phi) is 7.37.